The molecule has 1 heterocycles. The van der Waals surface area contributed by atoms with E-state index >= 15 is 0 Å². The van der Waals surface area contributed by atoms with Gasteiger partial charge in [-0.1, -0.05) is 13.8 Å². The maximum atomic E-state index is 12.2. The lowest BCUT2D eigenvalue weighted by Gasteiger charge is -2.11. The number of hydrogen-bond acceptors (Lipinski definition) is 4. The van der Waals surface area contributed by atoms with E-state index < -0.39 is 0 Å². The van der Waals surface area contributed by atoms with Gasteiger partial charge in [-0.05, 0) is 39.2 Å². The minimum Gasteiger partial charge on any atom is -0.459 e. The van der Waals surface area contributed by atoms with Crippen LogP contribution in [0, 0.1) is 6.92 Å². The fourth-order valence-corrected chi connectivity index (χ4v) is 3.15. The highest BCUT2D eigenvalue weighted by Crippen LogP contribution is 2.34. The number of esters is 1. The second-order valence-corrected chi connectivity index (χ2v) is 6.17. The molecule has 112 valence electrons. The van der Waals surface area contributed by atoms with Crippen molar-refractivity contribution < 1.29 is 14.3 Å². The first-order valence-electron chi connectivity index (χ1n) is 7.03. The van der Waals surface area contributed by atoms with Crippen molar-refractivity contribution in [2.45, 2.75) is 60.0 Å². The van der Waals surface area contributed by atoms with Gasteiger partial charge in [0.15, 0.2) is 0 Å². The minimum absolute atomic E-state index is 0.0602. The standard InChI is InChI=1S/C15H23NO3S/c1-6-8-12(17)16-14-13(15(18)19-9(3)4)11(7-2)10(5)20-14/h9H,6-8H2,1-5H3,(H,16,17). The van der Waals surface area contributed by atoms with Gasteiger partial charge in [-0.15, -0.1) is 11.3 Å². The monoisotopic (exact) mass is 297 g/mol. The Labute approximate surface area is 124 Å². The Balaban J connectivity index is 3.10. The summed E-state index contributed by atoms with van der Waals surface area (Å²) in [4.78, 5) is 25.1. The van der Waals surface area contributed by atoms with Gasteiger partial charge >= 0.3 is 5.97 Å². The highest BCUT2D eigenvalue weighted by Gasteiger charge is 2.24. The molecule has 1 N–H and O–H groups in total. The van der Waals surface area contributed by atoms with E-state index in [1.165, 1.54) is 11.3 Å². The molecule has 0 radical (unpaired) electrons. The lowest BCUT2D eigenvalue weighted by molar-refractivity contribution is -0.116. The molecule has 0 atom stereocenters. The molecule has 0 aliphatic rings. The van der Waals surface area contributed by atoms with Gasteiger partial charge in [0.05, 0.1) is 11.7 Å². The number of hydrogen-bond donors (Lipinski definition) is 1. The van der Waals surface area contributed by atoms with Crippen molar-refractivity contribution in [2.24, 2.45) is 0 Å². The third-order valence-electron chi connectivity index (χ3n) is 2.84. The highest BCUT2D eigenvalue weighted by molar-refractivity contribution is 7.16. The molecule has 5 heteroatoms. The molecular weight excluding hydrogens is 274 g/mol. The van der Waals surface area contributed by atoms with E-state index in [9.17, 15) is 9.59 Å². The second kappa shape index (κ2) is 7.43. The fourth-order valence-electron chi connectivity index (χ4n) is 2.00. The van der Waals surface area contributed by atoms with E-state index in [1.807, 2.05) is 34.6 Å². The summed E-state index contributed by atoms with van der Waals surface area (Å²) in [5, 5.41) is 3.45. The third-order valence-corrected chi connectivity index (χ3v) is 3.90. The Kier molecular flexibility index (Phi) is 6.20. The molecule has 1 aromatic rings. The van der Waals surface area contributed by atoms with Crippen molar-refractivity contribution >= 4 is 28.2 Å². The molecular formula is C15H23NO3S. The molecule has 0 spiro atoms. The van der Waals surface area contributed by atoms with Gasteiger partial charge in [0, 0.05) is 11.3 Å². The predicted octanol–water partition coefficient (Wildman–Crippen LogP) is 3.92. The number of thiophene rings is 1. The first kappa shape index (κ1) is 16.7. The van der Waals surface area contributed by atoms with Crippen LogP contribution in [0.5, 0.6) is 0 Å². The number of carbonyl (C=O) groups is 2. The summed E-state index contributed by atoms with van der Waals surface area (Å²) >= 11 is 1.44. The zero-order valence-electron chi connectivity index (χ0n) is 12.8. The number of aryl methyl sites for hydroxylation is 1. The Morgan fingerprint density at radius 1 is 1.30 bits per heavy atom. The van der Waals surface area contributed by atoms with Crippen LogP contribution in [0.1, 0.15) is 61.3 Å². The van der Waals surface area contributed by atoms with Gasteiger partial charge in [-0.25, -0.2) is 4.79 Å². The molecule has 1 rings (SSSR count). The van der Waals surface area contributed by atoms with Gasteiger partial charge in [0.2, 0.25) is 5.91 Å². The number of ether oxygens (including phenoxy) is 1. The van der Waals surface area contributed by atoms with Crippen LogP contribution in [-0.4, -0.2) is 18.0 Å². The van der Waals surface area contributed by atoms with E-state index in [2.05, 4.69) is 5.32 Å². The van der Waals surface area contributed by atoms with Crippen LogP contribution in [0.25, 0.3) is 0 Å². The summed E-state index contributed by atoms with van der Waals surface area (Å²) in [6.45, 7) is 9.55. The lowest BCUT2D eigenvalue weighted by atomic mass is 10.1. The molecule has 0 saturated carbocycles. The van der Waals surface area contributed by atoms with Crippen molar-refractivity contribution in [3.63, 3.8) is 0 Å². The van der Waals surface area contributed by atoms with Gasteiger partial charge in [0.25, 0.3) is 0 Å². The topological polar surface area (TPSA) is 55.4 Å². The Bertz CT molecular complexity index is 492. The Morgan fingerprint density at radius 3 is 2.45 bits per heavy atom. The van der Waals surface area contributed by atoms with Crippen molar-refractivity contribution in [1.82, 2.24) is 0 Å². The SMILES string of the molecule is CCCC(=O)Nc1sc(C)c(CC)c1C(=O)OC(C)C. The van der Waals surface area contributed by atoms with Crippen LogP contribution in [0.2, 0.25) is 0 Å². The normalized spacial score (nSPS) is 10.7. The molecule has 0 fully saturated rings. The highest BCUT2D eigenvalue weighted by atomic mass is 32.1. The number of rotatable bonds is 6. The van der Waals surface area contributed by atoms with E-state index in [-0.39, 0.29) is 18.0 Å². The Morgan fingerprint density at radius 2 is 1.95 bits per heavy atom. The summed E-state index contributed by atoms with van der Waals surface area (Å²) in [5.41, 5.74) is 1.49. The maximum Gasteiger partial charge on any atom is 0.341 e. The van der Waals surface area contributed by atoms with Crippen molar-refractivity contribution in [2.75, 3.05) is 5.32 Å². The molecule has 0 saturated heterocycles. The lowest BCUT2D eigenvalue weighted by Crippen LogP contribution is -2.17. The number of anilines is 1. The van der Waals surface area contributed by atoms with Crippen LogP contribution < -0.4 is 5.32 Å². The molecule has 20 heavy (non-hydrogen) atoms. The minimum atomic E-state index is -0.354. The molecule has 1 amide bonds. The second-order valence-electron chi connectivity index (χ2n) is 4.95. The predicted molar refractivity (Wildman–Crippen MR) is 82.5 cm³/mol. The fraction of sp³-hybridized carbons (Fsp3) is 0.600. The zero-order valence-corrected chi connectivity index (χ0v) is 13.6. The molecule has 4 nitrogen and oxygen atoms in total. The molecule has 0 aliphatic carbocycles. The molecule has 0 bridgehead atoms. The number of nitrogens with one attached hydrogen (secondary N) is 1. The van der Waals surface area contributed by atoms with Crippen molar-refractivity contribution in [1.29, 1.82) is 0 Å². The molecule has 1 aromatic heterocycles. The van der Waals surface area contributed by atoms with Gasteiger partial charge in [0.1, 0.15) is 5.00 Å². The van der Waals surface area contributed by atoms with Crippen LogP contribution >= 0.6 is 11.3 Å². The quantitative estimate of drug-likeness (QED) is 0.810. The van der Waals surface area contributed by atoms with E-state index in [1.54, 1.807) is 0 Å². The van der Waals surface area contributed by atoms with Crippen molar-refractivity contribution in [3.05, 3.63) is 16.0 Å². The van der Waals surface area contributed by atoms with Gasteiger partial charge in [-0.3, -0.25) is 4.79 Å². The molecule has 0 aliphatic heterocycles. The van der Waals surface area contributed by atoms with Crippen LogP contribution in [0.15, 0.2) is 0 Å². The Hall–Kier alpha value is -1.36. The maximum absolute atomic E-state index is 12.2. The van der Waals surface area contributed by atoms with E-state index in [0.717, 1.165) is 23.3 Å². The molecule has 0 aromatic carbocycles. The van der Waals surface area contributed by atoms with Crippen molar-refractivity contribution in [3.8, 4) is 0 Å². The van der Waals surface area contributed by atoms with E-state index in [4.69, 9.17) is 4.74 Å². The van der Waals surface area contributed by atoms with Crippen LogP contribution in [0.4, 0.5) is 5.00 Å². The third kappa shape index (κ3) is 4.07. The average molecular weight is 297 g/mol. The first-order valence-corrected chi connectivity index (χ1v) is 7.85. The summed E-state index contributed by atoms with van der Waals surface area (Å²) in [6, 6.07) is 0. The summed E-state index contributed by atoms with van der Waals surface area (Å²) < 4.78 is 5.29. The smallest absolute Gasteiger partial charge is 0.341 e. The van der Waals surface area contributed by atoms with Crippen LogP contribution in [0.3, 0.4) is 0 Å². The van der Waals surface area contributed by atoms with E-state index in [0.29, 0.717) is 17.0 Å². The summed E-state index contributed by atoms with van der Waals surface area (Å²) in [6.07, 6.45) is 1.81. The molecule has 0 unspecified atom stereocenters. The van der Waals surface area contributed by atoms with Gasteiger partial charge < -0.3 is 10.1 Å². The van der Waals surface area contributed by atoms with Crippen LogP contribution in [-0.2, 0) is 16.0 Å². The zero-order chi connectivity index (χ0) is 15.3. The van der Waals surface area contributed by atoms with Gasteiger partial charge in [-0.2, -0.15) is 0 Å². The average Bonchev–Trinajstić information content (AvgIpc) is 2.64. The number of amides is 1. The first-order chi connectivity index (χ1) is 9.40. The summed E-state index contributed by atoms with van der Waals surface area (Å²) in [7, 11) is 0. The number of carbonyl (C=O) groups excluding carboxylic acids is 2. The largest absolute Gasteiger partial charge is 0.459 e. The summed E-state index contributed by atoms with van der Waals surface area (Å²) in [5.74, 6) is -0.414.